The second kappa shape index (κ2) is 6.27. The van der Waals surface area contributed by atoms with Gasteiger partial charge in [0.05, 0.1) is 0 Å². The van der Waals surface area contributed by atoms with Gasteiger partial charge in [-0.15, -0.1) is 0 Å². The smallest absolute Gasteiger partial charge is 0.161 e. The van der Waals surface area contributed by atoms with E-state index in [2.05, 4.69) is 23.6 Å². The SMILES string of the molecule is CCC(C)N1CCN(c2ccc(N)c(C(C)=O)c2)CC1. The van der Waals surface area contributed by atoms with Gasteiger partial charge in [0.25, 0.3) is 0 Å². The molecule has 1 aliphatic rings. The third-order valence-electron chi connectivity index (χ3n) is 4.31. The van der Waals surface area contributed by atoms with Gasteiger partial charge in [0.15, 0.2) is 5.78 Å². The number of benzene rings is 1. The van der Waals surface area contributed by atoms with Crippen LogP contribution >= 0.6 is 0 Å². The monoisotopic (exact) mass is 275 g/mol. The molecule has 0 spiro atoms. The van der Waals surface area contributed by atoms with Crippen molar-refractivity contribution in [3.8, 4) is 0 Å². The Hall–Kier alpha value is -1.55. The molecule has 1 unspecified atom stereocenters. The molecule has 110 valence electrons. The van der Waals surface area contributed by atoms with Gasteiger partial charge in [-0.3, -0.25) is 9.69 Å². The Bertz CT molecular complexity index is 479. The first kappa shape index (κ1) is 14.9. The van der Waals surface area contributed by atoms with Crippen molar-refractivity contribution in [2.75, 3.05) is 36.8 Å². The average Bonchev–Trinajstić information content (AvgIpc) is 2.47. The fourth-order valence-electron chi connectivity index (χ4n) is 2.72. The van der Waals surface area contributed by atoms with Gasteiger partial charge < -0.3 is 10.6 Å². The molecule has 2 N–H and O–H groups in total. The van der Waals surface area contributed by atoms with Crippen LogP contribution in [0.2, 0.25) is 0 Å². The van der Waals surface area contributed by atoms with Gasteiger partial charge in [0.1, 0.15) is 0 Å². The lowest BCUT2D eigenvalue weighted by Crippen LogP contribution is -2.49. The topological polar surface area (TPSA) is 49.6 Å². The van der Waals surface area contributed by atoms with Crippen molar-refractivity contribution in [1.82, 2.24) is 4.90 Å². The normalized spacial score (nSPS) is 18.1. The van der Waals surface area contributed by atoms with Crippen molar-refractivity contribution in [3.63, 3.8) is 0 Å². The summed E-state index contributed by atoms with van der Waals surface area (Å²) in [6.07, 6.45) is 1.19. The number of Topliss-reactive ketones (excluding diaryl/α,β-unsaturated/α-hetero) is 1. The summed E-state index contributed by atoms with van der Waals surface area (Å²) < 4.78 is 0. The first-order valence-corrected chi connectivity index (χ1v) is 7.42. The first-order chi connectivity index (χ1) is 9.52. The second-order valence-electron chi connectivity index (χ2n) is 5.61. The maximum absolute atomic E-state index is 11.6. The van der Waals surface area contributed by atoms with E-state index in [0.29, 0.717) is 17.3 Å². The molecule has 20 heavy (non-hydrogen) atoms. The summed E-state index contributed by atoms with van der Waals surface area (Å²) in [6.45, 7) is 10.3. The molecular formula is C16H25N3O. The van der Waals surface area contributed by atoms with Crippen LogP contribution in [-0.2, 0) is 0 Å². The largest absolute Gasteiger partial charge is 0.398 e. The Morgan fingerprint density at radius 1 is 1.30 bits per heavy atom. The lowest BCUT2D eigenvalue weighted by atomic mass is 10.1. The van der Waals surface area contributed by atoms with Crippen LogP contribution in [0.15, 0.2) is 18.2 Å². The van der Waals surface area contributed by atoms with Crippen LogP contribution in [0.5, 0.6) is 0 Å². The summed E-state index contributed by atoms with van der Waals surface area (Å²) >= 11 is 0. The molecule has 1 aliphatic heterocycles. The van der Waals surface area contributed by atoms with Gasteiger partial charge in [-0.05, 0) is 38.5 Å². The van der Waals surface area contributed by atoms with E-state index in [-0.39, 0.29) is 5.78 Å². The Balaban J connectivity index is 2.07. The van der Waals surface area contributed by atoms with Crippen molar-refractivity contribution < 1.29 is 4.79 Å². The molecule has 4 nitrogen and oxygen atoms in total. The summed E-state index contributed by atoms with van der Waals surface area (Å²) in [6, 6.07) is 6.43. The number of nitrogens with zero attached hydrogens (tertiary/aromatic N) is 2. The van der Waals surface area contributed by atoms with Crippen LogP contribution in [0.4, 0.5) is 11.4 Å². The maximum Gasteiger partial charge on any atom is 0.161 e. The Morgan fingerprint density at radius 2 is 1.95 bits per heavy atom. The molecule has 0 saturated carbocycles. The summed E-state index contributed by atoms with van der Waals surface area (Å²) in [5, 5.41) is 0. The van der Waals surface area contributed by atoms with Gasteiger partial charge in [0, 0.05) is 49.2 Å². The molecule has 1 saturated heterocycles. The first-order valence-electron chi connectivity index (χ1n) is 7.42. The van der Waals surface area contributed by atoms with E-state index in [4.69, 9.17) is 5.73 Å². The van der Waals surface area contributed by atoms with Crippen molar-refractivity contribution in [2.24, 2.45) is 0 Å². The van der Waals surface area contributed by atoms with Crippen LogP contribution in [0.1, 0.15) is 37.6 Å². The average molecular weight is 275 g/mol. The lowest BCUT2D eigenvalue weighted by molar-refractivity contribution is 0.101. The summed E-state index contributed by atoms with van der Waals surface area (Å²) in [5.74, 6) is 0.0302. The van der Waals surface area contributed by atoms with Crippen LogP contribution in [-0.4, -0.2) is 42.9 Å². The highest BCUT2D eigenvalue weighted by Crippen LogP contribution is 2.23. The van der Waals surface area contributed by atoms with Crippen LogP contribution in [0.3, 0.4) is 0 Å². The fourth-order valence-corrected chi connectivity index (χ4v) is 2.72. The van der Waals surface area contributed by atoms with E-state index in [0.717, 1.165) is 31.9 Å². The maximum atomic E-state index is 11.6. The standard InChI is InChI=1S/C16H25N3O/c1-4-12(2)18-7-9-19(10-8-18)14-5-6-16(17)15(11-14)13(3)20/h5-6,11-12H,4,7-10,17H2,1-3H3. The molecule has 0 aliphatic carbocycles. The summed E-state index contributed by atoms with van der Waals surface area (Å²) in [4.78, 5) is 16.4. The third-order valence-corrected chi connectivity index (χ3v) is 4.31. The molecule has 1 aromatic carbocycles. The van der Waals surface area contributed by atoms with Crippen molar-refractivity contribution in [2.45, 2.75) is 33.2 Å². The van der Waals surface area contributed by atoms with Gasteiger partial charge in [0.2, 0.25) is 0 Å². The second-order valence-corrected chi connectivity index (χ2v) is 5.61. The van der Waals surface area contributed by atoms with E-state index in [9.17, 15) is 4.79 Å². The molecule has 1 heterocycles. The van der Waals surface area contributed by atoms with E-state index >= 15 is 0 Å². The van der Waals surface area contributed by atoms with Gasteiger partial charge in [-0.1, -0.05) is 6.92 Å². The highest BCUT2D eigenvalue weighted by Gasteiger charge is 2.20. The van der Waals surface area contributed by atoms with Gasteiger partial charge in [-0.2, -0.15) is 0 Å². The fraction of sp³-hybridized carbons (Fsp3) is 0.562. The minimum atomic E-state index is 0.0302. The lowest BCUT2D eigenvalue weighted by Gasteiger charge is -2.39. The Kier molecular flexibility index (Phi) is 4.65. The molecule has 2 rings (SSSR count). The van der Waals surface area contributed by atoms with E-state index in [1.54, 1.807) is 6.92 Å². The summed E-state index contributed by atoms with van der Waals surface area (Å²) in [5.41, 5.74) is 8.16. The number of piperazine rings is 1. The highest BCUT2D eigenvalue weighted by molar-refractivity contribution is 6.00. The van der Waals surface area contributed by atoms with Gasteiger partial charge in [-0.25, -0.2) is 0 Å². The molecule has 0 aromatic heterocycles. The zero-order chi connectivity index (χ0) is 14.7. The number of ketones is 1. The summed E-state index contributed by atoms with van der Waals surface area (Å²) in [7, 11) is 0. The zero-order valence-corrected chi connectivity index (χ0v) is 12.7. The van der Waals surface area contributed by atoms with E-state index < -0.39 is 0 Å². The molecular weight excluding hydrogens is 250 g/mol. The third kappa shape index (κ3) is 3.12. The number of hydrogen-bond acceptors (Lipinski definition) is 4. The molecule has 4 heteroatoms. The van der Waals surface area contributed by atoms with Crippen molar-refractivity contribution in [3.05, 3.63) is 23.8 Å². The van der Waals surface area contributed by atoms with Crippen LogP contribution in [0, 0.1) is 0 Å². The minimum absolute atomic E-state index is 0.0302. The van der Waals surface area contributed by atoms with Crippen LogP contribution in [0.25, 0.3) is 0 Å². The molecule has 1 fully saturated rings. The number of hydrogen-bond donors (Lipinski definition) is 1. The zero-order valence-electron chi connectivity index (χ0n) is 12.7. The molecule has 1 aromatic rings. The van der Waals surface area contributed by atoms with E-state index in [1.807, 2.05) is 18.2 Å². The molecule has 0 radical (unpaired) electrons. The van der Waals surface area contributed by atoms with Crippen LogP contribution < -0.4 is 10.6 Å². The molecule has 0 bridgehead atoms. The number of nitrogens with two attached hydrogens (primary N) is 1. The van der Waals surface area contributed by atoms with Crippen molar-refractivity contribution >= 4 is 17.2 Å². The number of nitrogen functional groups attached to an aromatic ring is 1. The molecule has 0 amide bonds. The van der Waals surface area contributed by atoms with Gasteiger partial charge >= 0.3 is 0 Å². The number of carbonyl (C=O) groups is 1. The number of rotatable bonds is 4. The molecule has 1 atom stereocenters. The number of anilines is 2. The minimum Gasteiger partial charge on any atom is -0.398 e. The highest BCUT2D eigenvalue weighted by atomic mass is 16.1. The van der Waals surface area contributed by atoms with E-state index in [1.165, 1.54) is 6.42 Å². The Labute approximate surface area is 121 Å². The van der Waals surface area contributed by atoms with Crippen molar-refractivity contribution in [1.29, 1.82) is 0 Å². The number of carbonyl (C=O) groups excluding carboxylic acids is 1. The Morgan fingerprint density at radius 3 is 2.50 bits per heavy atom. The predicted octanol–water partition coefficient (Wildman–Crippen LogP) is 2.39. The quantitative estimate of drug-likeness (QED) is 0.677. The predicted molar refractivity (Wildman–Crippen MR) is 84.4 cm³/mol.